The Morgan fingerprint density at radius 3 is 2.74 bits per heavy atom. The highest BCUT2D eigenvalue weighted by atomic mass is 16.2. The van der Waals surface area contributed by atoms with Gasteiger partial charge in [0.2, 0.25) is 5.91 Å². The molecule has 2 aromatic rings. The molecule has 0 radical (unpaired) electrons. The Morgan fingerprint density at radius 1 is 1.39 bits per heavy atom. The molecule has 0 bridgehead atoms. The molecule has 1 aromatic heterocycles. The van der Waals surface area contributed by atoms with Crippen molar-refractivity contribution >= 4 is 16.9 Å². The smallest absolute Gasteiger partial charge is 0.242 e. The molecule has 124 valence electrons. The summed E-state index contributed by atoms with van der Waals surface area (Å²) in [6.45, 7) is 5.43. The van der Waals surface area contributed by atoms with E-state index in [0.717, 1.165) is 55.6 Å². The predicted molar refractivity (Wildman–Crippen MR) is 92.1 cm³/mol. The van der Waals surface area contributed by atoms with Gasteiger partial charge in [-0.05, 0) is 38.3 Å². The van der Waals surface area contributed by atoms with E-state index in [4.69, 9.17) is 10.7 Å². The zero-order valence-electron chi connectivity index (χ0n) is 14.0. The van der Waals surface area contributed by atoms with Crippen LogP contribution >= 0.6 is 0 Å². The summed E-state index contributed by atoms with van der Waals surface area (Å²) in [5.41, 5.74) is 7.55. The van der Waals surface area contributed by atoms with Crippen LogP contribution in [-0.2, 0) is 4.79 Å². The average molecular weight is 314 g/mol. The van der Waals surface area contributed by atoms with Crippen molar-refractivity contribution in [2.24, 2.45) is 5.73 Å². The van der Waals surface area contributed by atoms with Gasteiger partial charge in [0.15, 0.2) is 0 Å². The number of fused-ring (bicyclic) bond motifs is 1. The van der Waals surface area contributed by atoms with E-state index >= 15 is 0 Å². The highest BCUT2D eigenvalue weighted by molar-refractivity contribution is 5.85. The number of aromatic nitrogens is 2. The fraction of sp³-hybridized carbons (Fsp3) is 0.556. The van der Waals surface area contributed by atoms with E-state index in [-0.39, 0.29) is 5.91 Å². The van der Waals surface area contributed by atoms with Gasteiger partial charge in [-0.25, -0.2) is 4.98 Å². The number of amides is 1. The quantitative estimate of drug-likeness (QED) is 0.911. The Bertz CT molecular complexity index is 650. The molecule has 1 amide bonds. The lowest BCUT2D eigenvalue weighted by Gasteiger charge is -2.36. The van der Waals surface area contributed by atoms with Gasteiger partial charge in [-0.15, -0.1) is 0 Å². The molecule has 5 nitrogen and oxygen atoms in total. The van der Waals surface area contributed by atoms with Crippen molar-refractivity contribution in [3.05, 3.63) is 30.1 Å². The van der Waals surface area contributed by atoms with Crippen LogP contribution in [-0.4, -0.2) is 39.4 Å². The minimum absolute atomic E-state index is 0.0856. The Morgan fingerprint density at radius 2 is 2.09 bits per heavy atom. The molecule has 1 saturated heterocycles. The van der Waals surface area contributed by atoms with Crippen LogP contribution in [0.15, 0.2) is 24.3 Å². The first-order valence-electron chi connectivity index (χ1n) is 8.54. The number of carbonyl (C=O) groups excluding carboxylic acids is 1. The third-order valence-corrected chi connectivity index (χ3v) is 4.83. The van der Waals surface area contributed by atoms with Crippen molar-refractivity contribution < 1.29 is 4.79 Å². The Kier molecular flexibility index (Phi) is 4.39. The molecule has 23 heavy (non-hydrogen) atoms. The number of hydrogen-bond acceptors (Lipinski definition) is 3. The number of nitrogens with one attached hydrogen (secondary N) is 1. The zero-order chi connectivity index (χ0) is 16.4. The molecule has 3 N–H and O–H groups in total. The first-order valence-corrected chi connectivity index (χ1v) is 8.54. The SMILES string of the molecule is CCCC(C)(N)C(=O)N1CCC(c2nc3ccccc3[nH]2)CC1. The summed E-state index contributed by atoms with van der Waals surface area (Å²) in [6.07, 6.45) is 3.53. The van der Waals surface area contributed by atoms with Gasteiger partial charge in [0.25, 0.3) is 0 Å². The van der Waals surface area contributed by atoms with Crippen molar-refractivity contribution in [1.82, 2.24) is 14.9 Å². The van der Waals surface area contributed by atoms with Crippen LogP contribution in [0.5, 0.6) is 0 Å². The zero-order valence-corrected chi connectivity index (χ0v) is 14.0. The minimum Gasteiger partial charge on any atom is -0.342 e. The van der Waals surface area contributed by atoms with E-state index in [1.54, 1.807) is 0 Å². The average Bonchev–Trinajstić information content (AvgIpc) is 2.98. The van der Waals surface area contributed by atoms with Crippen molar-refractivity contribution in [1.29, 1.82) is 0 Å². The summed E-state index contributed by atoms with van der Waals surface area (Å²) < 4.78 is 0. The number of H-pyrrole nitrogens is 1. The molecule has 1 atom stereocenters. The second-order valence-electron chi connectivity index (χ2n) is 6.87. The summed E-state index contributed by atoms with van der Waals surface area (Å²) in [6, 6.07) is 8.10. The normalized spacial score (nSPS) is 19.0. The highest BCUT2D eigenvalue weighted by Crippen LogP contribution is 2.28. The summed E-state index contributed by atoms with van der Waals surface area (Å²) in [5.74, 6) is 1.52. The van der Waals surface area contributed by atoms with E-state index in [2.05, 4.69) is 18.0 Å². The lowest BCUT2D eigenvalue weighted by atomic mass is 9.91. The Hall–Kier alpha value is -1.88. The van der Waals surface area contributed by atoms with Crippen molar-refractivity contribution in [2.45, 2.75) is 51.0 Å². The molecule has 0 spiro atoms. The van der Waals surface area contributed by atoms with Crippen molar-refractivity contribution in [3.8, 4) is 0 Å². The van der Waals surface area contributed by atoms with Gasteiger partial charge in [0.05, 0.1) is 16.6 Å². The predicted octanol–water partition coefficient (Wildman–Crippen LogP) is 2.79. The van der Waals surface area contributed by atoms with Crippen molar-refractivity contribution in [3.63, 3.8) is 0 Å². The molecule has 1 fully saturated rings. The van der Waals surface area contributed by atoms with Gasteiger partial charge < -0.3 is 15.6 Å². The molecule has 1 aromatic carbocycles. The van der Waals surface area contributed by atoms with Crippen LogP contribution in [0.4, 0.5) is 0 Å². The molecule has 3 rings (SSSR count). The molecule has 1 aliphatic heterocycles. The monoisotopic (exact) mass is 314 g/mol. The maximum Gasteiger partial charge on any atom is 0.242 e. The summed E-state index contributed by atoms with van der Waals surface area (Å²) in [5, 5.41) is 0. The molecule has 0 aliphatic carbocycles. The fourth-order valence-electron chi connectivity index (χ4n) is 3.51. The first-order chi connectivity index (χ1) is 11.0. The van der Waals surface area contributed by atoms with Crippen LogP contribution < -0.4 is 5.73 Å². The number of para-hydroxylation sites is 2. The van der Waals surface area contributed by atoms with Gasteiger partial charge in [-0.2, -0.15) is 0 Å². The van der Waals surface area contributed by atoms with Crippen molar-refractivity contribution in [2.75, 3.05) is 13.1 Å². The summed E-state index contributed by atoms with van der Waals surface area (Å²) in [7, 11) is 0. The third-order valence-electron chi connectivity index (χ3n) is 4.83. The number of imidazole rings is 1. The Labute approximate surface area is 137 Å². The molecule has 2 heterocycles. The van der Waals surface area contributed by atoms with E-state index in [1.807, 2.05) is 30.0 Å². The number of nitrogens with zero attached hydrogens (tertiary/aromatic N) is 2. The summed E-state index contributed by atoms with van der Waals surface area (Å²) in [4.78, 5) is 22.6. The lowest BCUT2D eigenvalue weighted by Crippen LogP contribution is -2.54. The second kappa shape index (κ2) is 6.32. The Balaban J connectivity index is 1.65. The van der Waals surface area contributed by atoms with Gasteiger partial charge in [-0.3, -0.25) is 4.79 Å². The second-order valence-corrected chi connectivity index (χ2v) is 6.87. The van der Waals surface area contributed by atoms with Crippen LogP contribution in [0.3, 0.4) is 0 Å². The maximum absolute atomic E-state index is 12.6. The number of carbonyl (C=O) groups is 1. The van der Waals surface area contributed by atoms with Gasteiger partial charge in [0.1, 0.15) is 5.82 Å². The van der Waals surface area contributed by atoms with Gasteiger partial charge >= 0.3 is 0 Å². The number of piperidine rings is 1. The molecule has 1 unspecified atom stereocenters. The topological polar surface area (TPSA) is 75.0 Å². The standard InChI is InChI=1S/C18H26N4O/c1-3-10-18(2,19)17(23)22-11-8-13(9-12-22)16-20-14-6-4-5-7-15(14)21-16/h4-7,13H,3,8-12,19H2,1-2H3,(H,20,21). The third kappa shape index (κ3) is 3.24. The maximum atomic E-state index is 12.6. The lowest BCUT2D eigenvalue weighted by molar-refractivity contribution is -0.137. The van der Waals surface area contributed by atoms with Crippen LogP contribution in [0, 0.1) is 0 Å². The summed E-state index contributed by atoms with van der Waals surface area (Å²) >= 11 is 0. The van der Waals surface area contributed by atoms with E-state index in [9.17, 15) is 4.79 Å². The van der Waals surface area contributed by atoms with Crippen LogP contribution in [0.25, 0.3) is 11.0 Å². The van der Waals surface area contributed by atoms with Gasteiger partial charge in [0, 0.05) is 19.0 Å². The molecular formula is C18H26N4O. The molecule has 5 heteroatoms. The van der Waals surface area contributed by atoms with Crippen LogP contribution in [0.2, 0.25) is 0 Å². The van der Waals surface area contributed by atoms with E-state index in [0.29, 0.717) is 5.92 Å². The largest absolute Gasteiger partial charge is 0.342 e. The molecule has 1 aliphatic rings. The number of aromatic amines is 1. The number of rotatable bonds is 4. The first kappa shape index (κ1) is 16.0. The molecule has 0 saturated carbocycles. The number of likely N-dealkylation sites (tertiary alicyclic amines) is 1. The highest BCUT2D eigenvalue weighted by Gasteiger charge is 2.34. The van der Waals surface area contributed by atoms with Gasteiger partial charge in [-0.1, -0.05) is 25.5 Å². The minimum atomic E-state index is -0.735. The molecular weight excluding hydrogens is 288 g/mol. The number of benzene rings is 1. The van der Waals surface area contributed by atoms with E-state index < -0.39 is 5.54 Å². The number of nitrogens with two attached hydrogens (primary N) is 1. The fourth-order valence-corrected chi connectivity index (χ4v) is 3.51. The van der Waals surface area contributed by atoms with E-state index in [1.165, 1.54) is 0 Å². The van der Waals surface area contributed by atoms with Crippen LogP contribution in [0.1, 0.15) is 51.3 Å². The number of hydrogen-bond donors (Lipinski definition) is 2.